The Morgan fingerprint density at radius 1 is 1.00 bits per heavy atom. The van der Waals surface area contributed by atoms with Gasteiger partial charge in [0.15, 0.2) is 0 Å². The maximum Gasteiger partial charge on any atom is 0.119 e. The van der Waals surface area contributed by atoms with Gasteiger partial charge in [-0.3, -0.25) is 0 Å². The van der Waals surface area contributed by atoms with E-state index in [-0.39, 0.29) is 0 Å². The van der Waals surface area contributed by atoms with Crippen LogP contribution in [0.1, 0.15) is 49.9 Å². The average molecular weight is 325 g/mol. The van der Waals surface area contributed by atoms with Gasteiger partial charge in [-0.25, -0.2) is 0 Å². The number of benzene rings is 2. The van der Waals surface area contributed by atoms with E-state index in [9.17, 15) is 0 Å². The summed E-state index contributed by atoms with van der Waals surface area (Å²) in [6.07, 6.45) is 2.15. The summed E-state index contributed by atoms with van der Waals surface area (Å²) < 4.78 is 5.77. The Morgan fingerprint density at radius 2 is 1.71 bits per heavy atom. The van der Waals surface area contributed by atoms with Gasteiger partial charge in [-0.15, -0.1) is 0 Å². The first-order valence-corrected chi connectivity index (χ1v) is 9.10. The molecule has 2 nitrogen and oxygen atoms in total. The highest BCUT2D eigenvalue weighted by atomic mass is 16.5. The van der Waals surface area contributed by atoms with E-state index < -0.39 is 0 Å². The molecule has 130 valence electrons. The molecule has 2 aromatic carbocycles. The lowest BCUT2D eigenvalue weighted by Gasteiger charge is -2.18. The highest BCUT2D eigenvalue weighted by Crippen LogP contribution is 2.21. The molecule has 2 aromatic rings. The summed E-state index contributed by atoms with van der Waals surface area (Å²) in [4.78, 5) is 0. The second-order valence-corrected chi connectivity index (χ2v) is 6.87. The zero-order chi connectivity index (χ0) is 17.4. The van der Waals surface area contributed by atoms with Gasteiger partial charge in [-0.05, 0) is 61.1 Å². The van der Waals surface area contributed by atoms with Crippen LogP contribution < -0.4 is 10.1 Å². The number of hydrogen-bond donors (Lipinski definition) is 1. The van der Waals surface area contributed by atoms with E-state index in [1.165, 1.54) is 16.7 Å². The van der Waals surface area contributed by atoms with Gasteiger partial charge in [0.25, 0.3) is 0 Å². The van der Waals surface area contributed by atoms with E-state index in [0.717, 1.165) is 31.7 Å². The van der Waals surface area contributed by atoms with E-state index in [1.54, 1.807) is 0 Å². The summed E-state index contributed by atoms with van der Waals surface area (Å²) in [5.41, 5.74) is 4.13. The standard InChI is InChI=1S/C22H31NO/c1-5-22(23-15-14-19-9-7-6-8-18(19)4)20-10-12-21(13-11-20)24-16-17(2)3/h6-13,17,22-23H,5,14-16H2,1-4H3. The maximum absolute atomic E-state index is 5.77. The molecule has 2 rings (SSSR count). The second kappa shape index (κ2) is 9.48. The summed E-state index contributed by atoms with van der Waals surface area (Å²) in [5.74, 6) is 1.51. The molecule has 0 aliphatic rings. The van der Waals surface area contributed by atoms with Crippen molar-refractivity contribution in [2.24, 2.45) is 5.92 Å². The largest absolute Gasteiger partial charge is 0.493 e. The lowest BCUT2D eigenvalue weighted by Crippen LogP contribution is -2.23. The smallest absolute Gasteiger partial charge is 0.119 e. The van der Waals surface area contributed by atoms with Crippen LogP contribution in [0.2, 0.25) is 0 Å². The minimum Gasteiger partial charge on any atom is -0.493 e. The third-order valence-electron chi connectivity index (χ3n) is 4.32. The van der Waals surface area contributed by atoms with Gasteiger partial charge in [0.1, 0.15) is 5.75 Å². The summed E-state index contributed by atoms with van der Waals surface area (Å²) >= 11 is 0. The predicted octanol–water partition coefficient (Wildman–Crippen LogP) is 5.31. The number of aryl methyl sites for hydroxylation is 1. The van der Waals surface area contributed by atoms with Crippen molar-refractivity contribution in [2.75, 3.05) is 13.2 Å². The normalized spacial score (nSPS) is 12.4. The van der Waals surface area contributed by atoms with Crippen LogP contribution in [0.3, 0.4) is 0 Å². The van der Waals surface area contributed by atoms with Crippen molar-refractivity contribution >= 4 is 0 Å². The lowest BCUT2D eigenvalue weighted by molar-refractivity contribution is 0.271. The molecule has 0 bridgehead atoms. The Hall–Kier alpha value is -1.80. The molecular formula is C22H31NO. The third kappa shape index (κ3) is 5.68. The minimum absolute atomic E-state index is 0.396. The van der Waals surface area contributed by atoms with Crippen LogP contribution in [0.25, 0.3) is 0 Å². The molecule has 0 aliphatic heterocycles. The first kappa shape index (κ1) is 18.5. The molecule has 0 saturated carbocycles. The predicted molar refractivity (Wildman–Crippen MR) is 103 cm³/mol. The molecule has 0 heterocycles. The van der Waals surface area contributed by atoms with Crippen molar-refractivity contribution in [3.8, 4) is 5.75 Å². The third-order valence-corrected chi connectivity index (χ3v) is 4.32. The lowest BCUT2D eigenvalue weighted by atomic mass is 10.0. The molecule has 0 spiro atoms. The van der Waals surface area contributed by atoms with Crippen molar-refractivity contribution in [1.29, 1.82) is 0 Å². The summed E-state index contributed by atoms with van der Waals surface area (Å²) in [5, 5.41) is 3.69. The van der Waals surface area contributed by atoms with Gasteiger partial charge in [-0.1, -0.05) is 57.2 Å². The van der Waals surface area contributed by atoms with Crippen molar-refractivity contribution < 1.29 is 4.74 Å². The molecule has 0 fully saturated rings. The van der Waals surface area contributed by atoms with Gasteiger partial charge in [0, 0.05) is 6.04 Å². The number of ether oxygens (including phenoxy) is 1. The molecule has 0 aromatic heterocycles. The summed E-state index contributed by atoms with van der Waals surface area (Å²) in [6.45, 7) is 10.5. The summed E-state index contributed by atoms with van der Waals surface area (Å²) in [6, 6.07) is 17.6. The first-order valence-electron chi connectivity index (χ1n) is 9.10. The highest BCUT2D eigenvalue weighted by molar-refractivity contribution is 5.29. The fraction of sp³-hybridized carbons (Fsp3) is 0.455. The Labute approximate surface area is 147 Å². The molecule has 24 heavy (non-hydrogen) atoms. The van der Waals surface area contributed by atoms with Crippen LogP contribution in [0, 0.1) is 12.8 Å². The van der Waals surface area contributed by atoms with Gasteiger partial charge in [0.05, 0.1) is 6.61 Å². The molecule has 0 saturated heterocycles. The fourth-order valence-electron chi connectivity index (χ4n) is 2.83. The average Bonchev–Trinajstić information content (AvgIpc) is 2.59. The van der Waals surface area contributed by atoms with Crippen molar-refractivity contribution in [1.82, 2.24) is 5.32 Å². The minimum atomic E-state index is 0.396. The maximum atomic E-state index is 5.77. The molecule has 1 atom stereocenters. The Balaban J connectivity index is 1.87. The number of hydrogen-bond acceptors (Lipinski definition) is 2. The van der Waals surface area contributed by atoms with E-state index >= 15 is 0 Å². The van der Waals surface area contributed by atoms with Crippen LogP contribution in [0.4, 0.5) is 0 Å². The van der Waals surface area contributed by atoms with E-state index in [0.29, 0.717) is 12.0 Å². The number of rotatable bonds is 9. The zero-order valence-corrected chi connectivity index (χ0v) is 15.5. The quantitative estimate of drug-likeness (QED) is 0.674. The van der Waals surface area contributed by atoms with Gasteiger partial charge < -0.3 is 10.1 Å². The van der Waals surface area contributed by atoms with Crippen molar-refractivity contribution in [3.63, 3.8) is 0 Å². The molecule has 0 radical (unpaired) electrons. The molecule has 1 unspecified atom stereocenters. The monoisotopic (exact) mass is 325 g/mol. The van der Waals surface area contributed by atoms with Gasteiger partial charge in [-0.2, -0.15) is 0 Å². The molecule has 2 heteroatoms. The van der Waals surface area contributed by atoms with Gasteiger partial charge in [0.2, 0.25) is 0 Å². The first-order chi connectivity index (χ1) is 11.6. The Morgan fingerprint density at radius 3 is 2.33 bits per heavy atom. The van der Waals surface area contributed by atoms with E-state index in [4.69, 9.17) is 4.74 Å². The van der Waals surface area contributed by atoms with Crippen LogP contribution in [-0.4, -0.2) is 13.2 Å². The highest BCUT2D eigenvalue weighted by Gasteiger charge is 2.09. The second-order valence-electron chi connectivity index (χ2n) is 6.87. The van der Waals surface area contributed by atoms with Crippen LogP contribution >= 0.6 is 0 Å². The van der Waals surface area contributed by atoms with Crippen molar-refractivity contribution in [3.05, 3.63) is 65.2 Å². The molecule has 0 aliphatic carbocycles. The van der Waals surface area contributed by atoms with Crippen molar-refractivity contribution in [2.45, 2.75) is 46.6 Å². The summed E-state index contributed by atoms with van der Waals surface area (Å²) in [7, 11) is 0. The van der Waals surface area contributed by atoms with E-state index in [2.05, 4.69) is 81.5 Å². The zero-order valence-electron chi connectivity index (χ0n) is 15.5. The molecular weight excluding hydrogens is 294 g/mol. The van der Waals surface area contributed by atoms with E-state index in [1.807, 2.05) is 0 Å². The number of nitrogens with one attached hydrogen (secondary N) is 1. The Kier molecular flexibility index (Phi) is 7.33. The van der Waals surface area contributed by atoms with Gasteiger partial charge >= 0.3 is 0 Å². The molecule has 1 N–H and O–H groups in total. The SMILES string of the molecule is CCC(NCCc1ccccc1C)c1ccc(OCC(C)C)cc1. The Bertz CT molecular complexity index is 604. The van der Waals surface area contributed by atoms with Crippen LogP contribution in [-0.2, 0) is 6.42 Å². The topological polar surface area (TPSA) is 21.3 Å². The van der Waals surface area contributed by atoms with Crippen LogP contribution in [0.15, 0.2) is 48.5 Å². The fourth-order valence-corrected chi connectivity index (χ4v) is 2.83. The molecule has 0 amide bonds. The van der Waals surface area contributed by atoms with Crippen LogP contribution in [0.5, 0.6) is 5.75 Å².